The van der Waals surface area contributed by atoms with Crippen molar-refractivity contribution >= 4 is 5.91 Å². The van der Waals surface area contributed by atoms with Gasteiger partial charge in [0.25, 0.3) is 5.91 Å². The summed E-state index contributed by atoms with van der Waals surface area (Å²) in [6, 6.07) is 9.62. The first-order valence-corrected chi connectivity index (χ1v) is 10.6. The fourth-order valence-electron chi connectivity index (χ4n) is 4.40. The molecule has 5 rings (SSSR count). The molecule has 8 heteroatoms. The van der Waals surface area contributed by atoms with Crippen LogP contribution in [0.5, 0.6) is 0 Å². The van der Waals surface area contributed by atoms with Crippen LogP contribution in [0, 0.1) is 0 Å². The molecule has 3 atom stereocenters. The first-order valence-electron chi connectivity index (χ1n) is 10.6. The van der Waals surface area contributed by atoms with Gasteiger partial charge in [0.1, 0.15) is 17.6 Å². The van der Waals surface area contributed by atoms with Crippen molar-refractivity contribution < 1.29 is 14.1 Å². The number of rotatable bonds is 4. The number of amides is 1. The van der Waals surface area contributed by atoms with E-state index in [2.05, 4.69) is 22.3 Å². The van der Waals surface area contributed by atoms with Crippen LogP contribution in [0.4, 0.5) is 0 Å². The molecule has 0 bridgehead atoms. The van der Waals surface area contributed by atoms with Crippen LogP contribution in [0.1, 0.15) is 66.4 Å². The molecule has 0 aliphatic carbocycles. The molecule has 3 aromatic rings. The van der Waals surface area contributed by atoms with Crippen LogP contribution in [0.3, 0.4) is 0 Å². The van der Waals surface area contributed by atoms with Crippen molar-refractivity contribution in [3.8, 4) is 5.69 Å². The molecule has 2 saturated heterocycles. The van der Waals surface area contributed by atoms with Crippen LogP contribution in [0.2, 0.25) is 0 Å². The van der Waals surface area contributed by atoms with Crippen LogP contribution < -0.4 is 0 Å². The molecule has 1 amide bonds. The van der Waals surface area contributed by atoms with Crippen molar-refractivity contribution in [1.82, 2.24) is 25.1 Å². The molecule has 2 aliphatic rings. The summed E-state index contributed by atoms with van der Waals surface area (Å²) < 4.78 is 11.4. The van der Waals surface area contributed by atoms with E-state index in [0.717, 1.165) is 43.7 Å². The highest BCUT2D eigenvalue weighted by Crippen LogP contribution is 2.34. The van der Waals surface area contributed by atoms with Crippen LogP contribution >= 0.6 is 0 Å². The van der Waals surface area contributed by atoms with E-state index in [1.807, 2.05) is 35.2 Å². The second-order valence-electron chi connectivity index (χ2n) is 8.07. The molecule has 0 spiro atoms. The van der Waals surface area contributed by atoms with Gasteiger partial charge in [-0.25, -0.2) is 0 Å². The smallest absolute Gasteiger partial charge is 0.256 e. The Balaban J connectivity index is 1.38. The number of likely N-dealkylation sites (tertiary alicyclic amines) is 1. The molecule has 1 unspecified atom stereocenters. The third-order valence-corrected chi connectivity index (χ3v) is 6.12. The van der Waals surface area contributed by atoms with Gasteiger partial charge in [0, 0.05) is 31.2 Å². The van der Waals surface area contributed by atoms with Crippen molar-refractivity contribution in [3.63, 3.8) is 0 Å². The van der Waals surface area contributed by atoms with E-state index in [0.29, 0.717) is 17.8 Å². The molecule has 8 nitrogen and oxygen atoms in total. The monoisotopic (exact) mass is 407 g/mol. The molecule has 2 aromatic heterocycles. The van der Waals surface area contributed by atoms with E-state index < -0.39 is 0 Å². The van der Waals surface area contributed by atoms with Gasteiger partial charge in [0.15, 0.2) is 0 Å². The Hall–Kier alpha value is -3.00. The zero-order chi connectivity index (χ0) is 20.5. The molecule has 2 fully saturated rings. The van der Waals surface area contributed by atoms with Gasteiger partial charge in [0.05, 0.1) is 23.6 Å². The predicted octanol–water partition coefficient (Wildman–Crippen LogP) is 3.52. The van der Waals surface area contributed by atoms with E-state index in [4.69, 9.17) is 9.26 Å². The second-order valence-corrected chi connectivity index (χ2v) is 8.07. The molecule has 0 N–H and O–H groups in total. The lowest BCUT2D eigenvalue weighted by molar-refractivity contribution is 0.0595. The Morgan fingerprint density at radius 3 is 2.77 bits per heavy atom. The van der Waals surface area contributed by atoms with Gasteiger partial charge in [-0.1, -0.05) is 17.3 Å². The number of benzene rings is 1. The zero-order valence-electron chi connectivity index (χ0n) is 17.0. The Morgan fingerprint density at radius 2 is 1.97 bits per heavy atom. The highest BCUT2D eigenvalue weighted by molar-refractivity contribution is 5.98. The lowest BCUT2D eigenvalue weighted by Gasteiger charge is -2.37. The van der Waals surface area contributed by atoms with Gasteiger partial charge in [-0.3, -0.25) is 4.79 Å². The van der Waals surface area contributed by atoms with E-state index in [-0.39, 0.29) is 24.0 Å². The van der Waals surface area contributed by atoms with Crippen LogP contribution in [-0.4, -0.2) is 50.2 Å². The minimum atomic E-state index is -0.0148. The summed E-state index contributed by atoms with van der Waals surface area (Å²) >= 11 is 0. The van der Waals surface area contributed by atoms with Crippen molar-refractivity contribution in [2.75, 3.05) is 13.2 Å². The standard InChI is InChI=1S/C22H25N5O3/c1-15-8-9-16(21-13-18(25-30-21)20-7-4-12-29-20)14-26(15)22(28)17-5-2-3-6-19(17)27-23-10-11-24-27/h2-3,5-6,10-11,13,15-16,20H,4,7-9,12,14H2,1H3/t15-,16-,20?/m1/s1. The number of carbonyl (C=O) groups is 1. The number of ether oxygens (including phenoxy) is 1. The van der Waals surface area contributed by atoms with Crippen LogP contribution in [0.15, 0.2) is 47.2 Å². The van der Waals surface area contributed by atoms with Gasteiger partial charge in [-0.05, 0) is 44.7 Å². The lowest BCUT2D eigenvalue weighted by atomic mass is 9.90. The van der Waals surface area contributed by atoms with Gasteiger partial charge in [-0.15, -0.1) is 0 Å². The number of nitrogens with zero attached hydrogens (tertiary/aromatic N) is 5. The number of carbonyl (C=O) groups excluding carboxylic acids is 1. The summed E-state index contributed by atoms with van der Waals surface area (Å²) in [6.45, 7) is 3.47. The summed E-state index contributed by atoms with van der Waals surface area (Å²) in [5.74, 6) is 0.953. The van der Waals surface area contributed by atoms with Crippen molar-refractivity contribution in [2.24, 2.45) is 0 Å². The zero-order valence-corrected chi connectivity index (χ0v) is 17.0. The molecule has 1 aromatic carbocycles. The maximum Gasteiger partial charge on any atom is 0.256 e. The summed E-state index contributed by atoms with van der Waals surface area (Å²) in [5, 5.41) is 12.6. The summed E-state index contributed by atoms with van der Waals surface area (Å²) in [7, 11) is 0. The maximum absolute atomic E-state index is 13.5. The predicted molar refractivity (Wildman–Crippen MR) is 108 cm³/mol. The van der Waals surface area contributed by atoms with E-state index in [1.165, 1.54) is 4.80 Å². The molecule has 4 heterocycles. The number of hydrogen-bond acceptors (Lipinski definition) is 6. The normalized spacial score (nSPS) is 24.3. The molecule has 0 saturated carbocycles. The maximum atomic E-state index is 13.5. The first kappa shape index (κ1) is 19.0. The topological polar surface area (TPSA) is 86.3 Å². The first-order chi connectivity index (χ1) is 14.7. The SMILES string of the molecule is C[C@@H]1CC[C@@H](c2cc(C3CCCO3)no2)CN1C(=O)c1ccccc1-n1nccn1. The number of piperidine rings is 1. The molecule has 0 radical (unpaired) electrons. The molecule has 2 aliphatic heterocycles. The summed E-state index contributed by atoms with van der Waals surface area (Å²) in [5.41, 5.74) is 2.15. The van der Waals surface area contributed by atoms with Gasteiger partial charge < -0.3 is 14.2 Å². The highest BCUT2D eigenvalue weighted by atomic mass is 16.5. The van der Waals surface area contributed by atoms with E-state index in [9.17, 15) is 4.79 Å². The van der Waals surface area contributed by atoms with Crippen molar-refractivity contribution in [2.45, 2.75) is 50.7 Å². The highest BCUT2D eigenvalue weighted by Gasteiger charge is 2.34. The van der Waals surface area contributed by atoms with E-state index >= 15 is 0 Å². The Morgan fingerprint density at radius 1 is 1.13 bits per heavy atom. The lowest BCUT2D eigenvalue weighted by Crippen LogP contribution is -2.45. The number of hydrogen-bond donors (Lipinski definition) is 0. The average Bonchev–Trinajstić information content (AvgIpc) is 3.56. The minimum Gasteiger partial charge on any atom is -0.372 e. The average molecular weight is 407 g/mol. The molecular formula is C22H25N5O3. The fourth-order valence-corrected chi connectivity index (χ4v) is 4.40. The number of aromatic nitrogens is 4. The van der Waals surface area contributed by atoms with Crippen LogP contribution in [-0.2, 0) is 4.74 Å². The largest absolute Gasteiger partial charge is 0.372 e. The minimum absolute atomic E-state index is 0.0148. The third kappa shape index (κ3) is 3.52. The third-order valence-electron chi connectivity index (χ3n) is 6.12. The summed E-state index contributed by atoms with van der Waals surface area (Å²) in [4.78, 5) is 16.9. The molecular weight excluding hydrogens is 382 g/mol. The van der Waals surface area contributed by atoms with Gasteiger partial charge in [-0.2, -0.15) is 15.0 Å². The Bertz CT molecular complexity index is 1010. The quantitative estimate of drug-likeness (QED) is 0.658. The Kier molecular flexibility index (Phi) is 5.08. The number of para-hydroxylation sites is 1. The Labute approximate surface area is 174 Å². The van der Waals surface area contributed by atoms with Gasteiger partial charge in [0.2, 0.25) is 0 Å². The van der Waals surface area contributed by atoms with Crippen molar-refractivity contribution in [3.05, 3.63) is 59.7 Å². The van der Waals surface area contributed by atoms with Gasteiger partial charge >= 0.3 is 0 Å². The van der Waals surface area contributed by atoms with E-state index in [1.54, 1.807) is 12.4 Å². The molecule has 30 heavy (non-hydrogen) atoms. The fraction of sp³-hybridized carbons (Fsp3) is 0.455. The second kappa shape index (κ2) is 8.02. The van der Waals surface area contributed by atoms with Crippen molar-refractivity contribution in [1.29, 1.82) is 0 Å². The van der Waals surface area contributed by atoms with Crippen LogP contribution in [0.25, 0.3) is 5.69 Å². The summed E-state index contributed by atoms with van der Waals surface area (Å²) in [6.07, 6.45) is 7.17. The molecule has 156 valence electrons.